The summed E-state index contributed by atoms with van der Waals surface area (Å²) in [6.45, 7) is 6.36. The lowest BCUT2D eigenvalue weighted by Gasteiger charge is -2.34. The van der Waals surface area contributed by atoms with Crippen molar-refractivity contribution >= 4 is 5.91 Å². The Hall–Kier alpha value is -1.43. The zero-order valence-electron chi connectivity index (χ0n) is 12.9. The largest absolute Gasteiger partial charge is 0.424 e. The van der Waals surface area contributed by atoms with Crippen LogP contribution in [0.2, 0.25) is 0 Å². The summed E-state index contributed by atoms with van der Waals surface area (Å²) in [5.74, 6) is 1.61. The highest BCUT2D eigenvalue weighted by Crippen LogP contribution is 2.30. The van der Waals surface area contributed by atoms with E-state index in [0.29, 0.717) is 30.4 Å². The third-order valence-corrected chi connectivity index (χ3v) is 4.71. The first-order valence-corrected chi connectivity index (χ1v) is 8.01. The molecule has 0 radical (unpaired) electrons. The minimum atomic E-state index is 0.204. The smallest absolute Gasteiger partial charge is 0.230 e. The molecule has 2 atom stereocenters. The number of rotatable bonds is 4. The summed E-state index contributed by atoms with van der Waals surface area (Å²) >= 11 is 0. The van der Waals surface area contributed by atoms with Crippen molar-refractivity contribution in [2.24, 2.45) is 0 Å². The number of carbonyl (C=O) groups excluding carboxylic acids is 1. The van der Waals surface area contributed by atoms with Gasteiger partial charge in [-0.15, -0.1) is 10.2 Å². The molecule has 0 saturated carbocycles. The maximum absolute atomic E-state index is 11.8. The number of aryl methyl sites for hydroxylation is 1. The summed E-state index contributed by atoms with van der Waals surface area (Å²) in [5, 5.41) is 8.16. The maximum atomic E-state index is 11.8. The van der Waals surface area contributed by atoms with E-state index in [1.54, 1.807) is 6.92 Å². The summed E-state index contributed by atoms with van der Waals surface area (Å²) in [7, 11) is 0. The lowest BCUT2D eigenvalue weighted by Crippen LogP contribution is -2.47. The molecular formula is C15H24N4O2. The molecule has 116 valence electrons. The molecule has 0 bridgehead atoms. The Labute approximate surface area is 125 Å². The summed E-state index contributed by atoms with van der Waals surface area (Å²) < 4.78 is 5.64. The Bertz CT molecular complexity index is 502. The predicted molar refractivity (Wildman–Crippen MR) is 77.5 cm³/mol. The van der Waals surface area contributed by atoms with Gasteiger partial charge in [-0.05, 0) is 32.2 Å². The molecule has 3 heterocycles. The van der Waals surface area contributed by atoms with Crippen molar-refractivity contribution in [3.05, 3.63) is 11.8 Å². The van der Waals surface area contributed by atoms with Gasteiger partial charge in [-0.2, -0.15) is 0 Å². The van der Waals surface area contributed by atoms with Gasteiger partial charge >= 0.3 is 0 Å². The number of hydrogen-bond acceptors (Lipinski definition) is 5. The first kappa shape index (κ1) is 14.5. The van der Waals surface area contributed by atoms with E-state index in [1.807, 2.05) is 11.8 Å². The number of carbonyl (C=O) groups is 1. The van der Waals surface area contributed by atoms with Crippen LogP contribution in [0.3, 0.4) is 0 Å². The van der Waals surface area contributed by atoms with Crippen LogP contribution in [-0.4, -0.2) is 51.1 Å². The highest BCUT2D eigenvalue weighted by molar-refractivity contribution is 5.74. The Morgan fingerprint density at radius 3 is 2.62 bits per heavy atom. The fourth-order valence-corrected chi connectivity index (χ4v) is 3.74. The van der Waals surface area contributed by atoms with Crippen molar-refractivity contribution < 1.29 is 9.21 Å². The summed E-state index contributed by atoms with van der Waals surface area (Å²) in [5.41, 5.74) is 0. The molecule has 1 aromatic heterocycles. The first-order chi connectivity index (χ1) is 10.2. The summed E-state index contributed by atoms with van der Waals surface area (Å²) in [6.07, 6.45) is 5.35. The SMILES string of the molecule is CCc1nnc(CN2CCC[C@H]2[C@@H]2CCCN2C(C)=O)o1. The average Bonchev–Trinajstić information content (AvgIpc) is 3.18. The molecule has 6 nitrogen and oxygen atoms in total. The fraction of sp³-hybridized carbons (Fsp3) is 0.800. The fourth-order valence-electron chi connectivity index (χ4n) is 3.74. The number of hydrogen-bond donors (Lipinski definition) is 0. The Morgan fingerprint density at radius 1 is 1.19 bits per heavy atom. The molecule has 3 rings (SSSR count). The van der Waals surface area contributed by atoms with Crippen LogP contribution in [0.5, 0.6) is 0 Å². The van der Waals surface area contributed by atoms with Gasteiger partial charge in [0.2, 0.25) is 17.7 Å². The molecule has 1 amide bonds. The van der Waals surface area contributed by atoms with Crippen molar-refractivity contribution in [2.75, 3.05) is 13.1 Å². The van der Waals surface area contributed by atoms with Crippen molar-refractivity contribution in [1.82, 2.24) is 20.0 Å². The Morgan fingerprint density at radius 2 is 1.90 bits per heavy atom. The number of likely N-dealkylation sites (tertiary alicyclic amines) is 2. The predicted octanol–water partition coefficient (Wildman–Crippen LogP) is 1.61. The van der Waals surface area contributed by atoms with Gasteiger partial charge in [0.25, 0.3) is 0 Å². The van der Waals surface area contributed by atoms with Gasteiger partial charge < -0.3 is 9.32 Å². The van der Waals surface area contributed by atoms with Crippen LogP contribution in [-0.2, 0) is 17.8 Å². The summed E-state index contributed by atoms with van der Waals surface area (Å²) in [4.78, 5) is 16.3. The van der Waals surface area contributed by atoms with Gasteiger partial charge in [0.05, 0.1) is 6.54 Å². The molecule has 1 aromatic rings. The van der Waals surface area contributed by atoms with E-state index in [1.165, 1.54) is 6.42 Å². The minimum Gasteiger partial charge on any atom is -0.424 e. The van der Waals surface area contributed by atoms with E-state index in [4.69, 9.17) is 4.42 Å². The van der Waals surface area contributed by atoms with Gasteiger partial charge in [0.1, 0.15) is 0 Å². The third kappa shape index (κ3) is 2.95. The highest BCUT2D eigenvalue weighted by Gasteiger charge is 2.39. The molecule has 2 aliphatic rings. The van der Waals surface area contributed by atoms with Crippen LogP contribution >= 0.6 is 0 Å². The zero-order valence-corrected chi connectivity index (χ0v) is 12.9. The lowest BCUT2D eigenvalue weighted by molar-refractivity contribution is -0.130. The quantitative estimate of drug-likeness (QED) is 0.843. The molecule has 2 saturated heterocycles. The maximum Gasteiger partial charge on any atom is 0.230 e. The van der Waals surface area contributed by atoms with Crippen LogP contribution in [0, 0.1) is 0 Å². The van der Waals surface area contributed by atoms with Gasteiger partial charge in [-0.25, -0.2) is 0 Å². The second kappa shape index (κ2) is 6.13. The molecule has 2 fully saturated rings. The molecule has 0 unspecified atom stereocenters. The number of nitrogens with zero attached hydrogens (tertiary/aromatic N) is 4. The molecular weight excluding hydrogens is 268 g/mol. The Balaban J connectivity index is 1.68. The zero-order chi connectivity index (χ0) is 14.8. The molecule has 0 aromatic carbocycles. The lowest BCUT2D eigenvalue weighted by atomic mass is 10.0. The highest BCUT2D eigenvalue weighted by atomic mass is 16.4. The molecule has 2 aliphatic heterocycles. The molecule has 0 spiro atoms. The Kier molecular flexibility index (Phi) is 4.24. The second-order valence-electron chi connectivity index (χ2n) is 6.05. The van der Waals surface area contributed by atoms with Crippen molar-refractivity contribution in [1.29, 1.82) is 0 Å². The van der Waals surface area contributed by atoms with E-state index >= 15 is 0 Å². The van der Waals surface area contributed by atoms with Crippen LogP contribution in [0.25, 0.3) is 0 Å². The molecule has 0 aliphatic carbocycles. The van der Waals surface area contributed by atoms with Crippen LogP contribution in [0.1, 0.15) is 51.3 Å². The molecule has 6 heteroatoms. The van der Waals surface area contributed by atoms with E-state index in [9.17, 15) is 4.79 Å². The molecule has 0 N–H and O–H groups in total. The van der Waals surface area contributed by atoms with Gasteiger partial charge in [-0.3, -0.25) is 9.69 Å². The standard InChI is InChI=1S/C15H24N4O2/c1-3-14-16-17-15(21-14)10-18-8-4-6-12(18)13-7-5-9-19(13)11(2)20/h12-13H,3-10H2,1-2H3/t12-,13-/m0/s1. The third-order valence-electron chi connectivity index (χ3n) is 4.71. The van der Waals surface area contributed by atoms with Crippen molar-refractivity contribution in [3.63, 3.8) is 0 Å². The van der Waals surface area contributed by atoms with Crippen molar-refractivity contribution in [3.8, 4) is 0 Å². The van der Waals surface area contributed by atoms with E-state index in [2.05, 4.69) is 15.1 Å². The number of amides is 1. The average molecular weight is 292 g/mol. The van der Waals surface area contributed by atoms with Crippen molar-refractivity contribution in [2.45, 2.75) is 64.6 Å². The van der Waals surface area contributed by atoms with Crippen LogP contribution < -0.4 is 0 Å². The van der Waals surface area contributed by atoms with Crippen LogP contribution in [0.4, 0.5) is 0 Å². The molecule has 21 heavy (non-hydrogen) atoms. The van der Waals surface area contributed by atoms with Gasteiger partial charge in [0, 0.05) is 32.0 Å². The number of aromatic nitrogens is 2. The minimum absolute atomic E-state index is 0.204. The monoisotopic (exact) mass is 292 g/mol. The van der Waals surface area contributed by atoms with Gasteiger partial charge in [0.15, 0.2) is 0 Å². The normalized spacial score (nSPS) is 26.7. The van der Waals surface area contributed by atoms with E-state index in [-0.39, 0.29) is 5.91 Å². The van der Waals surface area contributed by atoms with E-state index < -0.39 is 0 Å². The summed E-state index contributed by atoms with van der Waals surface area (Å²) in [6, 6.07) is 0.798. The van der Waals surface area contributed by atoms with Gasteiger partial charge in [-0.1, -0.05) is 6.92 Å². The topological polar surface area (TPSA) is 62.5 Å². The second-order valence-corrected chi connectivity index (χ2v) is 6.05. The van der Waals surface area contributed by atoms with E-state index in [0.717, 1.165) is 38.8 Å². The van der Waals surface area contributed by atoms with Crippen LogP contribution in [0.15, 0.2) is 4.42 Å². The first-order valence-electron chi connectivity index (χ1n) is 8.01.